The highest BCUT2D eigenvalue weighted by atomic mass is 32.2. The van der Waals surface area contributed by atoms with Gasteiger partial charge >= 0.3 is 5.97 Å². The van der Waals surface area contributed by atoms with Crippen molar-refractivity contribution in [3.8, 4) is 0 Å². The lowest BCUT2D eigenvalue weighted by molar-refractivity contribution is 0.0697. The van der Waals surface area contributed by atoms with Gasteiger partial charge in [-0.3, -0.25) is 0 Å². The number of aromatic amines is 1. The monoisotopic (exact) mass is 293 g/mol. The molecule has 1 aromatic carbocycles. The van der Waals surface area contributed by atoms with Crippen LogP contribution in [0.5, 0.6) is 0 Å². The van der Waals surface area contributed by atoms with E-state index in [1.54, 1.807) is 30.0 Å². The summed E-state index contributed by atoms with van der Waals surface area (Å²) < 4.78 is 0. The quantitative estimate of drug-likeness (QED) is 0.768. The Bertz CT molecular complexity index is 593. The van der Waals surface area contributed by atoms with E-state index in [9.17, 15) is 4.79 Å². The van der Waals surface area contributed by atoms with Crippen molar-refractivity contribution >= 4 is 28.8 Å². The van der Waals surface area contributed by atoms with Gasteiger partial charge in [-0.2, -0.15) is 0 Å². The first-order valence-electron chi connectivity index (χ1n) is 6.72. The van der Waals surface area contributed by atoms with E-state index in [2.05, 4.69) is 28.7 Å². The van der Waals surface area contributed by atoms with Crippen molar-refractivity contribution in [1.82, 2.24) is 14.9 Å². The van der Waals surface area contributed by atoms with Gasteiger partial charge < -0.3 is 15.0 Å². The van der Waals surface area contributed by atoms with Crippen molar-refractivity contribution in [2.24, 2.45) is 0 Å². The number of nitrogens with zero attached hydrogens (tertiary/aromatic N) is 2. The molecule has 5 nitrogen and oxygen atoms in total. The highest BCUT2D eigenvalue weighted by Crippen LogP contribution is 2.20. The second-order valence-electron chi connectivity index (χ2n) is 4.45. The zero-order valence-corrected chi connectivity index (χ0v) is 12.5. The largest absolute Gasteiger partial charge is 0.478 e. The molecule has 0 unspecified atom stereocenters. The van der Waals surface area contributed by atoms with E-state index in [1.165, 1.54) is 0 Å². The Labute approximate surface area is 122 Å². The fourth-order valence-electron chi connectivity index (χ4n) is 2.00. The molecular formula is C14H19N3O2S. The average molecular weight is 293 g/mol. The zero-order chi connectivity index (χ0) is 14.5. The fraction of sp³-hybridized carbons (Fsp3) is 0.429. The summed E-state index contributed by atoms with van der Waals surface area (Å²) in [5, 5.41) is 9.81. The maximum absolute atomic E-state index is 10.9. The number of imidazole rings is 1. The first kappa shape index (κ1) is 14.9. The minimum absolute atomic E-state index is 0.279. The molecule has 0 saturated heterocycles. The van der Waals surface area contributed by atoms with E-state index in [0.717, 1.165) is 41.6 Å². The van der Waals surface area contributed by atoms with Gasteiger partial charge in [0.25, 0.3) is 0 Å². The number of nitrogens with one attached hydrogen (secondary N) is 1. The number of aromatic nitrogens is 2. The molecule has 1 heterocycles. The fourth-order valence-corrected chi connectivity index (χ4v) is 2.89. The maximum atomic E-state index is 10.9. The SMILES string of the molecule is CCN(CC)CCSc1nc2ccc(C(=O)O)cc2[nH]1. The van der Waals surface area contributed by atoms with Crippen molar-refractivity contribution < 1.29 is 9.90 Å². The zero-order valence-electron chi connectivity index (χ0n) is 11.7. The van der Waals surface area contributed by atoms with Crippen LogP contribution in [-0.2, 0) is 0 Å². The molecule has 6 heteroatoms. The highest BCUT2D eigenvalue weighted by Gasteiger charge is 2.08. The number of hydrogen-bond donors (Lipinski definition) is 2. The van der Waals surface area contributed by atoms with Gasteiger partial charge in [-0.15, -0.1) is 0 Å². The summed E-state index contributed by atoms with van der Waals surface area (Å²) >= 11 is 1.66. The van der Waals surface area contributed by atoms with Gasteiger partial charge in [-0.25, -0.2) is 9.78 Å². The molecule has 0 fully saturated rings. The van der Waals surface area contributed by atoms with Crippen molar-refractivity contribution in [3.63, 3.8) is 0 Å². The lowest BCUT2D eigenvalue weighted by atomic mass is 10.2. The second-order valence-corrected chi connectivity index (χ2v) is 5.54. The van der Waals surface area contributed by atoms with Crippen LogP contribution in [0.15, 0.2) is 23.4 Å². The van der Waals surface area contributed by atoms with E-state index >= 15 is 0 Å². The number of H-pyrrole nitrogens is 1. The van der Waals surface area contributed by atoms with Gasteiger partial charge in [0, 0.05) is 12.3 Å². The summed E-state index contributed by atoms with van der Waals surface area (Å²) in [6.07, 6.45) is 0. The summed E-state index contributed by atoms with van der Waals surface area (Å²) in [5.74, 6) is 0.0463. The van der Waals surface area contributed by atoms with Crippen LogP contribution in [0.3, 0.4) is 0 Å². The molecule has 0 aliphatic heterocycles. The average Bonchev–Trinajstić information content (AvgIpc) is 2.85. The normalized spacial score (nSPS) is 11.3. The number of benzene rings is 1. The van der Waals surface area contributed by atoms with Crippen molar-refractivity contribution in [3.05, 3.63) is 23.8 Å². The number of carboxylic acids is 1. The van der Waals surface area contributed by atoms with Crippen LogP contribution < -0.4 is 0 Å². The molecule has 108 valence electrons. The topological polar surface area (TPSA) is 69.2 Å². The Morgan fingerprint density at radius 3 is 2.80 bits per heavy atom. The van der Waals surface area contributed by atoms with Gasteiger partial charge in [-0.1, -0.05) is 25.6 Å². The van der Waals surface area contributed by atoms with E-state index in [0.29, 0.717) is 0 Å². The minimum atomic E-state index is -0.919. The lowest BCUT2D eigenvalue weighted by Gasteiger charge is -2.16. The van der Waals surface area contributed by atoms with E-state index in [-0.39, 0.29) is 5.56 Å². The Morgan fingerprint density at radius 2 is 2.15 bits per heavy atom. The molecule has 2 aromatic rings. The summed E-state index contributed by atoms with van der Waals surface area (Å²) in [6.45, 7) is 7.44. The van der Waals surface area contributed by atoms with E-state index in [1.807, 2.05) is 0 Å². The predicted molar refractivity (Wildman–Crippen MR) is 81.6 cm³/mol. The Morgan fingerprint density at radius 1 is 1.40 bits per heavy atom. The molecule has 2 rings (SSSR count). The maximum Gasteiger partial charge on any atom is 0.335 e. The van der Waals surface area contributed by atoms with Gasteiger partial charge in [0.05, 0.1) is 16.6 Å². The van der Waals surface area contributed by atoms with Gasteiger partial charge in [0.2, 0.25) is 0 Å². The van der Waals surface area contributed by atoms with E-state index in [4.69, 9.17) is 5.11 Å². The number of rotatable bonds is 7. The molecule has 0 saturated carbocycles. The van der Waals surface area contributed by atoms with Gasteiger partial charge in [0.15, 0.2) is 5.16 Å². The first-order valence-corrected chi connectivity index (χ1v) is 7.70. The number of thioether (sulfide) groups is 1. The number of carboxylic acid groups (broad SMARTS) is 1. The number of fused-ring (bicyclic) bond motifs is 1. The van der Waals surface area contributed by atoms with Crippen LogP contribution in [0.25, 0.3) is 11.0 Å². The molecule has 0 spiro atoms. The number of aromatic carboxylic acids is 1. The molecule has 2 N–H and O–H groups in total. The molecule has 0 atom stereocenters. The molecular weight excluding hydrogens is 274 g/mol. The van der Waals surface area contributed by atoms with Crippen molar-refractivity contribution in [1.29, 1.82) is 0 Å². The van der Waals surface area contributed by atoms with Crippen LogP contribution in [0.4, 0.5) is 0 Å². The summed E-state index contributed by atoms with van der Waals surface area (Å²) in [4.78, 5) is 20.9. The summed E-state index contributed by atoms with van der Waals surface area (Å²) in [7, 11) is 0. The smallest absolute Gasteiger partial charge is 0.335 e. The molecule has 0 radical (unpaired) electrons. The summed E-state index contributed by atoms with van der Waals surface area (Å²) in [6, 6.07) is 4.94. The minimum Gasteiger partial charge on any atom is -0.478 e. The van der Waals surface area contributed by atoms with E-state index < -0.39 is 5.97 Å². The predicted octanol–water partition coefficient (Wildman–Crippen LogP) is 2.70. The van der Waals surface area contributed by atoms with Crippen molar-refractivity contribution in [2.45, 2.75) is 19.0 Å². The van der Waals surface area contributed by atoms with Crippen LogP contribution >= 0.6 is 11.8 Å². The first-order chi connectivity index (χ1) is 9.63. The lowest BCUT2D eigenvalue weighted by Crippen LogP contribution is -2.25. The Hall–Kier alpha value is -1.53. The molecule has 20 heavy (non-hydrogen) atoms. The molecule has 0 amide bonds. The van der Waals surface area contributed by atoms with Crippen molar-refractivity contribution in [2.75, 3.05) is 25.4 Å². The Kier molecular flexibility index (Phi) is 5.03. The van der Waals surface area contributed by atoms with Crippen LogP contribution in [0.2, 0.25) is 0 Å². The van der Waals surface area contributed by atoms with Gasteiger partial charge in [-0.05, 0) is 31.3 Å². The molecule has 1 aromatic heterocycles. The third-order valence-electron chi connectivity index (χ3n) is 3.25. The number of hydrogen-bond acceptors (Lipinski definition) is 4. The van der Waals surface area contributed by atoms with Crippen LogP contribution in [0, 0.1) is 0 Å². The standard InChI is InChI=1S/C14H19N3O2S/c1-3-17(4-2)7-8-20-14-15-11-6-5-10(13(18)19)9-12(11)16-14/h5-6,9H,3-4,7-8H2,1-2H3,(H,15,16)(H,18,19). The molecule has 0 aliphatic rings. The highest BCUT2D eigenvalue weighted by molar-refractivity contribution is 7.99. The second kappa shape index (κ2) is 6.76. The molecule has 0 aliphatic carbocycles. The molecule has 0 bridgehead atoms. The van der Waals surface area contributed by atoms with Gasteiger partial charge in [0.1, 0.15) is 0 Å². The third kappa shape index (κ3) is 3.52. The van der Waals surface area contributed by atoms with Crippen LogP contribution in [0.1, 0.15) is 24.2 Å². The van der Waals surface area contributed by atoms with Crippen LogP contribution in [-0.4, -0.2) is 51.3 Å². The summed E-state index contributed by atoms with van der Waals surface area (Å²) in [5.41, 5.74) is 1.86. The third-order valence-corrected chi connectivity index (χ3v) is 4.10. The Balaban J connectivity index is 2.02. The number of carbonyl (C=O) groups is 1.